The first-order valence-electron chi connectivity index (χ1n) is 6.97. The van der Waals surface area contributed by atoms with E-state index in [2.05, 4.69) is 0 Å². The van der Waals surface area contributed by atoms with Crippen LogP contribution in [0.25, 0.3) is 0 Å². The van der Waals surface area contributed by atoms with Gasteiger partial charge in [-0.25, -0.2) is 8.42 Å². The van der Waals surface area contributed by atoms with E-state index in [0.29, 0.717) is 17.9 Å². The Labute approximate surface area is 125 Å². The van der Waals surface area contributed by atoms with E-state index in [1.54, 1.807) is 6.07 Å². The molecule has 2 rings (SSSR count). The Bertz CT molecular complexity index is 556. The number of hydrogen-bond donors (Lipinski definition) is 1. The van der Waals surface area contributed by atoms with Crippen molar-refractivity contribution in [3.05, 3.63) is 34.9 Å². The summed E-state index contributed by atoms with van der Waals surface area (Å²) in [5, 5.41) is 10.7. The minimum absolute atomic E-state index is 0.0578. The second-order valence-electron chi connectivity index (χ2n) is 5.78. The van der Waals surface area contributed by atoms with Gasteiger partial charge in [0.05, 0.1) is 11.4 Å². The fourth-order valence-electron chi connectivity index (χ4n) is 2.99. The summed E-state index contributed by atoms with van der Waals surface area (Å²) in [6, 6.07) is 7.45. The highest BCUT2D eigenvalue weighted by atomic mass is 35.5. The third-order valence-corrected chi connectivity index (χ3v) is 6.02. The summed E-state index contributed by atoms with van der Waals surface area (Å²) in [4.78, 5) is 0. The number of halogens is 1. The summed E-state index contributed by atoms with van der Waals surface area (Å²) in [7, 11) is -3.00. The molecule has 1 N–H and O–H groups in total. The summed E-state index contributed by atoms with van der Waals surface area (Å²) in [6.07, 6.45) is 4.38. The molecule has 112 valence electrons. The predicted octanol–water partition coefficient (Wildman–Crippen LogP) is 2.85. The van der Waals surface area contributed by atoms with E-state index in [1.807, 2.05) is 18.2 Å². The van der Waals surface area contributed by atoms with E-state index in [-0.39, 0.29) is 11.2 Å². The Balaban J connectivity index is 2.00. The fraction of sp³-hybridized carbons (Fsp3) is 0.600. The van der Waals surface area contributed by atoms with Crippen molar-refractivity contribution in [1.29, 1.82) is 0 Å². The Kier molecular flexibility index (Phi) is 5.10. The van der Waals surface area contributed by atoms with Crippen molar-refractivity contribution < 1.29 is 13.5 Å². The molecule has 1 aromatic rings. The minimum Gasteiger partial charge on any atom is -0.392 e. The van der Waals surface area contributed by atoms with Crippen molar-refractivity contribution >= 4 is 21.4 Å². The van der Waals surface area contributed by atoms with Gasteiger partial charge in [0, 0.05) is 11.3 Å². The SMILES string of the molecule is CS(=O)(=O)C1CCCC(C(O)Cc2cccc(Cl)c2)C1. The van der Waals surface area contributed by atoms with Crippen LogP contribution >= 0.6 is 11.6 Å². The predicted molar refractivity (Wildman–Crippen MR) is 81.8 cm³/mol. The Morgan fingerprint density at radius 1 is 1.40 bits per heavy atom. The molecule has 0 saturated heterocycles. The Morgan fingerprint density at radius 2 is 2.15 bits per heavy atom. The molecule has 3 atom stereocenters. The highest BCUT2D eigenvalue weighted by molar-refractivity contribution is 7.91. The van der Waals surface area contributed by atoms with Crippen LogP contribution in [0, 0.1) is 5.92 Å². The number of sulfone groups is 1. The lowest BCUT2D eigenvalue weighted by molar-refractivity contribution is 0.0859. The highest BCUT2D eigenvalue weighted by Crippen LogP contribution is 2.31. The maximum absolute atomic E-state index is 11.7. The third-order valence-electron chi connectivity index (χ3n) is 4.15. The molecule has 1 aliphatic carbocycles. The Morgan fingerprint density at radius 3 is 2.80 bits per heavy atom. The summed E-state index contributed by atoms with van der Waals surface area (Å²) >= 11 is 5.94. The molecule has 1 saturated carbocycles. The zero-order chi connectivity index (χ0) is 14.8. The zero-order valence-electron chi connectivity index (χ0n) is 11.6. The molecule has 0 amide bonds. The zero-order valence-corrected chi connectivity index (χ0v) is 13.2. The molecule has 0 heterocycles. The quantitative estimate of drug-likeness (QED) is 0.929. The molecular formula is C15H21ClO3S. The monoisotopic (exact) mass is 316 g/mol. The van der Waals surface area contributed by atoms with E-state index < -0.39 is 15.9 Å². The van der Waals surface area contributed by atoms with Crippen LogP contribution in [0.4, 0.5) is 0 Å². The number of benzene rings is 1. The first-order valence-corrected chi connectivity index (χ1v) is 9.31. The van der Waals surface area contributed by atoms with Gasteiger partial charge in [-0.05, 0) is 49.3 Å². The van der Waals surface area contributed by atoms with Crippen LogP contribution < -0.4 is 0 Å². The van der Waals surface area contributed by atoms with Gasteiger partial charge in [-0.15, -0.1) is 0 Å². The van der Waals surface area contributed by atoms with E-state index in [0.717, 1.165) is 24.8 Å². The van der Waals surface area contributed by atoms with Crippen LogP contribution in [0.1, 0.15) is 31.2 Å². The van der Waals surface area contributed by atoms with Crippen molar-refractivity contribution in [2.45, 2.75) is 43.5 Å². The maximum Gasteiger partial charge on any atom is 0.150 e. The van der Waals surface area contributed by atoms with Crippen LogP contribution in [0.15, 0.2) is 24.3 Å². The maximum atomic E-state index is 11.7. The van der Waals surface area contributed by atoms with Gasteiger partial charge < -0.3 is 5.11 Å². The smallest absolute Gasteiger partial charge is 0.150 e. The average Bonchev–Trinajstić information content (AvgIpc) is 2.38. The van der Waals surface area contributed by atoms with Crippen LogP contribution in [0.2, 0.25) is 5.02 Å². The molecular weight excluding hydrogens is 296 g/mol. The third kappa shape index (κ3) is 4.21. The number of rotatable bonds is 4. The summed E-state index contributed by atoms with van der Waals surface area (Å²) in [6.45, 7) is 0. The number of aliphatic hydroxyl groups excluding tert-OH is 1. The van der Waals surface area contributed by atoms with Gasteiger partial charge >= 0.3 is 0 Å². The van der Waals surface area contributed by atoms with Gasteiger partial charge in [0.2, 0.25) is 0 Å². The topological polar surface area (TPSA) is 54.4 Å². The normalized spacial score (nSPS) is 25.4. The van der Waals surface area contributed by atoms with Crippen LogP contribution in [-0.4, -0.2) is 31.1 Å². The van der Waals surface area contributed by atoms with Gasteiger partial charge in [-0.2, -0.15) is 0 Å². The van der Waals surface area contributed by atoms with Crippen molar-refractivity contribution in [1.82, 2.24) is 0 Å². The molecule has 0 spiro atoms. The molecule has 1 aromatic carbocycles. The molecule has 20 heavy (non-hydrogen) atoms. The molecule has 0 radical (unpaired) electrons. The van der Waals surface area contributed by atoms with Crippen molar-refractivity contribution in [3.8, 4) is 0 Å². The first kappa shape index (κ1) is 15.8. The van der Waals surface area contributed by atoms with E-state index in [4.69, 9.17) is 11.6 Å². The highest BCUT2D eigenvalue weighted by Gasteiger charge is 2.32. The lowest BCUT2D eigenvalue weighted by Crippen LogP contribution is -2.34. The largest absolute Gasteiger partial charge is 0.392 e. The van der Waals surface area contributed by atoms with E-state index >= 15 is 0 Å². The van der Waals surface area contributed by atoms with Gasteiger partial charge in [-0.1, -0.05) is 30.2 Å². The number of aliphatic hydroxyl groups is 1. The molecule has 1 fully saturated rings. The number of hydrogen-bond acceptors (Lipinski definition) is 3. The molecule has 0 aromatic heterocycles. The average molecular weight is 317 g/mol. The molecule has 0 aliphatic heterocycles. The van der Waals surface area contributed by atoms with Crippen LogP contribution in [-0.2, 0) is 16.3 Å². The molecule has 3 nitrogen and oxygen atoms in total. The van der Waals surface area contributed by atoms with E-state index in [9.17, 15) is 13.5 Å². The Hall–Kier alpha value is -0.580. The summed E-state index contributed by atoms with van der Waals surface area (Å²) in [5.41, 5.74) is 0.992. The van der Waals surface area contributed by atoms with Crippen LogP contribution in [0.3, 0.4) is 0 Å². The minimum atomic E-state index is -3.00. The molecule has 3 unspecified atom stereocenters. The second kappa shape index (κ2) is 6.46. The standard InChI is InChI=1S/C15H21ClO3S/c1-20(18,19)14-7-3-5-12(10-14)15(17)9-11-4-2-6-13(16)8-11/h2,4,6,8,12,14-15,17H,3,5,7,9-10H2,1H3. The van der Waals surface area contributed by atoms with E-state index in [1.165, 1.54) is 6.26 Å². The van der Waals surface area contributed by atoms with Crippen molar-refractivity contribution in [3.63, 3.8) is 0 Å². The molecule has 0 bridgehead atoms. The van der Waals surface area contributed by atoms with Gasteiger partial charge in [0.1, 0.15) is 9.84 Å². The lowest BCUT2D eigenvalue weighted by Gasteiger charge is -2.31. The van der Waals surface area contributed by atoms with Gasteiger partial charge in [-0.3, -0.25) is 0 Å². The second-order valence-corrected chi connectivity index (χ2v) is 8.54. The van der Waals surface area contributed by atoms with Gasteiger partial charge in [0.15, 0.2) is 0 Å². The molecule has 1 aliphatic rings. The van der Waals surface area contributed by atoms with Crippen LogP contribution in [0.5, 0.6) is 0 Å². The van der Waals surface area contributed by atoms with Gasteiger partial charge in [0.25, 0.3) is 0 Å². The lowest BCUT2D eigenvalue weighted by atomic mass is 9.83. The summed E-state index contributed by atoms with van der Waals surface area (Å²) in [5.74, 6) is 0.0578. The first-order chi connectivity index (χ1) is 9.36. The van der Waals surface area contributed by atoms with Crippen molar-refractivity contribution in [2.75, 3.05) is 6.26 Å². The summed E-state index contributed by atoms with van der Waals surface area (Å²) < 4.78 is 23.3. The fourth-order valence-corrected chi connectivity index (χ4v) is 4.40. The van der Waals surface area contributed by atoms with Crippen molar-refractivity contribution in [2.24, 2.45) is 5.92 Å². The molecule has 5 heteroatoms.